The first kappa shape index (κ1) is 18.3. The van der Waals surface area contributed by atoms with Crippen LogP contribution in [0.15, 0.2) is 36.4 Å². The van der Waals surface area contributed by atoms with Crippen LogP contribution in [0.5, 0.6) is 11.5 Å². The van der Waals surface area contributed by atoms with Gasteiger partial charge in [-0.2, -0.15) is 5.26 Å². The van der Waals surface area contributed by atoms with E-state index in [4.69, 9.17) is 14.7 Å². The van der Waals surface area contributed by atoms with Gasteiger partial charge in [-0.25, -0.2) is 0 Å². The molecule has 1 N–H and O–H groups in total. The molecule has 0 saturated carbocycles. The van der Waals surface area contributed by atoms with E-state index in [0.29, 0.717) is 30.3 Å². The summed E-state index contributed by atoms with van der Waals surface area (Å²) in [5, 5.41) is 11.9. The number of carbonyl (C=O) groups is 1. The summed E-state index contributed by atoms with van der Waals surface area (Å²) in [5.74, 6) is 0.756. The number of nitrogens with one attached hydrogen (secondary N) is 1. The predicted molar refractivity (Wildman–Crippen MR) is 90.2 cm³/mol. The molecule has 1 amide bonds. The van der Waals surface area contributed by atoms with Crippen molar-refractivity contribution >= 4 is 12.0 Å². The smallest absolute Gasteiger partial charge is 0.262 e. The van der Waals surface area contributed by atoms with Crippen molar-refractivity contribution < 1.29 is 14.3 Å². The van der Waals surface area contributed by atoms with Gasteiger partial charge in [0.15, 0.2) is 11.5 Å². The quantitative estimate of drug-likeness (QED) is 0.455. The van der Waals surface area contributed by atoms with Crippen molar-refractivity contribution in [3.8, 4) is 17.6 Å². The lowest BCUT2D eigenvalue weighted by molar-refractivity contribution is -0.117. The molecule has 1 aromatic rings. The first-order valence-corrected chi connectivity index (χ1v) is 7.45. The predicted octanol–water partition coefficient (Wildman–Crippen LogP) is 3.08. The van der Waals surface area contributed by atoms with Gasteiger partial charge >= 0.3 is 0 Å². The molecule has 0 aromatic heterocycles. The van der Waals surface area contributed by atoms with E-state index >= 15 is 0 Å². The average molecular weight is 314 g/mol. The third-order valence-electron chi connectivity index (χ3n) is 2.72. The molecule has 0 heterocycles. The molecule has 23 heavy (non-hydrogen) atoms. The van der Waals surface area contributed by atoms with Crippen LogP contribution in [0.1, 0.15) is 26.3 Å². The van der Waals surface area contributed by atoms with Crippen molar-refractivity contribution in [3.05, 3.63) is 42.0 Å². The van der Waals surface area contributed by atoms with Crippen LogP contribution in [0.3, 0.4) is 0 Å². The Balaban J connectivity index is 3.09. The van der Waals surface area contributed by atoms with E-state index in [1.54, 1.807) is 24.3 Å². The van der Waals surface area contributed by atoms with Crippen LogP contribution in [0.25, 0.3) is 6.08 Å². The summed E-state index contributed by atoms with van der Waals surface area (Å²) in [4.78, 5) is 11.9. The molecule has 1 aromatic carbocycles. The Morgan fingerprint density at radius 1 is 1.39 bits per heavy atom. The molecule has 0 unspecified atom stereocenters. The van der Waals surface area contributed by atoms with E-state index in [2.05, 4.69) is 11.9 Å². The van der Waals surface area contributed by atoms with Gasteiger partial charge in [0.25, 0.3) is 5.91 Å². The van der Waals surface area contributed by atoms with Gasteiger partial charge in [-0.05, 0) is 44.5 Å². The summed E-state index contributed by atoms with van der Waals surface area (Å²) in [7, 11) is 0. The maximum Gasteiger partial charge on any atom is 0.262 e. The second kappa shape index (κ2) is 9.31. The maximum absolute atomic E-state index is 11.9. The van der Waals surface area contributed by atoms with Crippen LogP contribution in [0.4, 0.5) is 0 Å². The van der Waals surface area contributed by atoms with Crippen molar-refractivity contribution in [2.45, 2.75) is 26.8 Å². The van der Waals surface area contributed by atoms with Gasteiger partial charge in [0.2, 0.25) is 0 Å². The highest BCUT2D eigenvalue weighted by molar-refractivity contribution is 6.01. The SMILES string of the molecule is C=CCOc1ccc(/C=C(/C#N)C(=O)NC(C)C)cc1OCC. The van der Waals surface area contributed by atoms with E-state index in [0.717, 1.165) is 0 Å². The minimum Gasteiger partial charge on any atom is -0.490 e. The van der Waals surface area contributed by atoms with E-state index in [1.165, 1.54) is 6.08 Å². The Morgan fingerprint density at radius 3 is 2.70 bits per heavy atom. The highest BCUT2D eigenvalue weighted by Crippen LogP contribution is 2.29. The van der Waals surface area contributed by atoms with Crippen molar-refractivity contribution in [2.24, 2.45) is 0 Å². The maximum atomic E-state index is 11.9. The fourth-order valence-electron chi connectivity index (χ4n) is 1.81. The fraction of sp³-hybridized carbons (Fsp3) is 0.333. The number of benzene rings is 1. The first-order valence-electron chi connectivity index (χ1n) is 7.45. The Labute approximate surface area is 137 Å². The molecular formula is C18H22N2O3. The van der Waals surface area contributed by atoms with Crippen LogP contribution in [0, 0.1) is 11.3 Å². The van der Waals surface area contributed by atoms with Crippen LogP contribution >= 0.6 is 0 Å². The third kappa shape index (κ3) is 5.87. The van der Waals surface area contributed by atoms with E-state index < -0.39 is 5.91 Å². The van der Waals surface area contributed by atoms with Gasteiger partial charge < -0.3 is 14.8 Å². The monoisotopic (exact) mass is 314 g/mol. The Hall–Kier alpha value is -2.74. The number of nitriles is 1. The van der Waals surface area contributed by atoms with Gasteiger partial charge in [0.05, 0.1) is 6.61 Å². The van der Waals surface area contributed by atoms with Crippen molar-refractivity contribution in [2.75, 3.05) is 13.2 Å². The number of nitrogens with zero attached hydrogens (tertiary/aromatic N) is 1. The van der Waals surface area contributed by atoms with Crippen molar-refractivity contribution in [3.63, 3.8) is 0 Å². The van der Waals surface area contributed by atoms with E-state index in [1.807, 2.05) is 26.8 Å². The Kier molecular flexibility index (Phi) is 7.41. The van der Waals surface area contributed by atoms with Crippen LogP contribution in [0.2, 0.25) is 0 Å². The van der Waals surface area contributed by atoms with E-state index in [-0.39, 0.29) is 11.6 Å². The minimum absolute atomic E-state index is 0.0343. The molecule has 1 rings (SSSR count). The van der Waals surface area contributed by atoms with Crippen LogP contribution in [-0.4, -0.2) is 25.2 Å². The molecule has 0 aliphatic carbocycles. The highest BCUT2D eigenvalue weighted by atomic mass is 16.5. The lowest BCUT2D eigenvalue weighted by Crippen LogP contribution is -2.30. The van der Waals surface area contributed by atoms with Crippen LogP contribution in [-0.2, 0) is 4.79 Å². The standard InChI is InChI=1S/C18H22N2O3/c1-5-9-23-16-8-7-14(11-17(16)22-6-2)10-15(12-19)18(21)20-13(3)4/h5,7-8,10-11,13H,1,6,9H2,2-4H3,(H,20,21)/b15-10-. The summed E-state index contributed by atoms with van der Waals surface area (Å²) in [5.41, 5.74) is 0.732. The zero-order chi connectivity index (χ0) is 17.2. The lowest BCUT2D eigenvalue weighted by atomic mass is 10.1. The normalized spacial score (nSPS) is 10.8. The number of amides is 1. The van der Waals surface area contributed by atoms with Gasteiger partial charge in [-0.15, -0.1) is 0 Å². The Morgan fingerprint density at radius 2 is 2.13 bits per heavy atom. The summed E-state index contributed by atoms with van der Waals surface area (Å²) in [6.45, 7) is 10.0. The van der Waals surface area contributed by atoms with Crippen molar-refractivity contribution in [1.82, 2.24) is 5.32 Å². The molecule has 0 radical (unpaired) electrons. The molecule has 0 aliphatic rings. The number of ether oxygens (including phenoxy) is 2. The summed E-state index contributed by atoms with van der Waals surface area (Å²) < 4.78 is 11.1. The van der Waals surface area contributed by atoms with Crippen molar-refractivity contribution in [1.29, 1.82) is 5.26 Å². The van der Waals surface area contributed by atoms with E-state index in [9.17, 15) is 4.79 Å². The minimum atomic E-state index is -0.396. The second-order valence-corrected chi connectivity index (χ2v) is 5.04. The van der Waals surface area contributed by atoms with Gasteiger partial charge in [-0.1, -0.05) is 18.7 Å². The van der Waals surface area contributed by atoms with Gasteiger partial charge in [-0.3, -0.25) is 4.79 Å². The third-order valence-corrected chi connectivity index (χ3v) is 2.72. The molecule has 0 aliphatic heterocycles. The molecule has 0 saturated heterocycles. The molecule has 122 valence electrons. The Bertz CT molecular complexity index is 628. The molecule has 0 spiro atoms. The number of carbonyl (C=O) groups excluding carboxylic acids is 1. The molecule has 0 atom stereocenters. The fourth-order valence-corrected chi connectivity index (χ4v) is 1.81. The second-order valence-electron chi connectivity index (χ2n) is 5.04. The van der Waals surface area contributed by atoms with Gasteiger partial charge in [0.1, 0.15) is 18.2 Å². The number of rotatable bonds is 8. The van der Waals surface area contributed by atoms with Crippen LogP contribution < -0.4 is 14.8 Å². The molecule has 0 bridgehead atoms. The largest absolute Gasteiger partial charge is 0.490 e. The zero-order valence-corrected chi connectivity index (χ0v) is 13.8. The first-order chi connectivity index (χ1) is 11.0. The molecule has 5 heteroatoms. The lowest BCUT2D eigenvalue weighted by Gasteiger charge is -2.12. The summed E-state index contributed by atoms with van der Waals surface area (Å²) in [6.07, 6.45) is 3.17. The molecule has 0 fully saturated rings. The molecular weight excluding hydrogens is 292 g/mol. The highest BCUT2D eigenvalue weighted by Gasteiger charge is 2.11. The summed E-state index contributed by atoms with van der Waals surface area (Å²) >= 11 is 0. The van der Waals surface area contributed by atoms with Gasteiger partial charge in [0, 0.05) is 6.04 Å². The topological polar surface area (TPSA) is 71.3 Å². The summed E-state index contributed by atoms with van der Waals surface area (Å²) in [6, 6.07) is 7.13. The average Bonchev–Trinajstić information content (AvgIpc) is 2.51. The number of hydrogen-bond donors (Lipinski definition) is 1. The zero-order valence-electron chi connectivity index (χ0n) is 13.8. The molecule has 5 nitrogen and oxygen atoms in total. The number of hydrogen-bond acceptors (Lipinski definition) is 4.